The molecule has 36 heavy (non-hydrogen) atoms. The predicted octanol–water partition coefficient (Wildman–Crippen LogP) is 3.62. The monoisotopic (exact) mass is 481 g/mol. The zero-order chi connectivity index (χ0) is 24.6. The van der Waals surface area contributed by atoms with E-state index >= 15 is 0 Å². The molecule has 6 rings (SSSR count). The molecule has 182 valence electrons. The van der Waals surface area contributed by atoms with E-state index in [4.69, 9.17) is 9.84 Å². The van der Waals surface area contributed by atoms with Gasteiger partial charge in [-0.15, -0.1) is 0 Å². The maximum atomic E-state index is 13.3. The van der Waals surface area contributed by atoms with Gasteiger partial charge in [0.2, 0.25) is 0 Å². The molecule has 0 spiro atoms. The number of pyridine rings is 2. The summed E-state index contributed by atoms with van der Waals surface area (Å²) < 4.78 is 8.94. The Hall–Kier alpha value is -4.11. The summed E-state index contributed by atoms with van der Waals surface area (Å²) in [6.07, 6.45) is 7.25. The van der Waals surface area contributed by atoms with E-state index in [1.54, 1.807) is 15.6 Å². The third kappa shape index (κ3) is 4.01. The lowest BCUT2D eigenvalue weighted by molar-refractivity contribution is 0.0540. The van der Waals surface area contributed by atoms with Gasteiger partial charge in [-0.25, -0.2) is 14.3 Å². The molecule has 2 aromatic heterocycles. The number of anilines is 1. The molecule has 5 heterocycles. The van der Waals surface area contributed by atoms with Crippen LogP contribution < -0.4 is 10.5 Å². The Morgan fingerprint density at radius 2 is 1.92 bits per heavy atom. The fourth-order valence-corrected chi connectivity index (χ4v) is 4.72. The summed E-state index contributed by atoms with van der Waals surface area (Å²) in [5, 5.41) is 10.2. The second-order valence-electron chi connectivity index (χ2n) is 9.37. The summed E-state index contributed by atoms with van der Waals surface area (Å²) in [7, 11) is 4.01. The minimum absolute atomic E-state index is 0.0614. The first-order chi connectivity index (χ1) is 17.6. The van der Waals surface area contributed by atoms with Crippen LogP contribution in [0.3, 0.4) is 0 Å². The second-order valence-corrected chi connectivity index (χ2v) is 9.37. The third-order valence-corrected chi connectivity index (χ3v) is 6.69. The van der Waals surface area contributed by atoms with Crippen molar-refractivity contribution in [1.82, 2.24) is 29.5 Å². The summed E-state index contributed by atoms with van der Waals surface area (Å²) in [5.41, 5.74) is 5.73. The van der Waals surface area contributed by atoms with Gasteiger partial charge in [0.15, 0.2) is 11.3 Å². The Morgan fingerprint density at radius 1 is 1.06 bits per heavy atom. The van der Waals surface area contributed by atoms with Crippen molar-refractivity contribution in [2.75, 3.05) is 32.2 Å². The van der Waals surface area contributed by atoms with Crippen LogP contribution in [-0.2, 0) is 11.3 Å². The zero-order valence-electron chi connectivity index (χ0n) is 20.3. The molecule has 3 aliphatic rings. The number of benzene rings is 1. The van der Waals surface area contributed by atoms with Crippen LogP contribution in [0.4, 0.5) is 5.69 Å². The van der Waals surface area contributed by atoms with E-state index in [1.807, 2.05) is 43.5 Å². The Morgan fingerprint density at radius 3 is 2.69 bits per heavy atom. The van der Waals surface area contributed by atoms with Crippen molar-refractivity contribution < 1.29 is 4.74 Å². The normalized spacial score (nSPS) is 16.0. The van der Waals surface area contributed by atoms with Gasteiger partial charge >= 0.3 is 0 Å². The molecule has 0 amide bonds. The molecule has 0 aliphatic carbocycles. The molecule has 9 heteroatoms. The number of hydrogen-bond donors (Lipinski definition) is 0. The molecule has 0 saturated carbocycles. The van der Waals surface area contributed by atoms with E-state index in [9.17, 15) is 4.79 Å². The zero-order valence-corrected chi connectivity index (χ0v) is 20.3. The van der Waals surface area contributed by atoms with Crippen molar-refractivity contribution in [2.24, 2.45) is 0 Å². The largest absolute Gasteiger partial charge is 0.379 e. The molecular formula is C27H27N7O2. The molecule has 0 radical (unpaired) electrons. The minimum Gasteiger partial charge on any atom is -0.379 e. The van der Waals surface area contributed by atoms with Gasteiger partial charge in [0.1, 0.15) is 5.69 Å². The maximum absolute atomic E-state index is 13.3. The van der Waals surface area contributed by atoms with Crippen LogP contribution >= 0.6 is 0 Å². The van der Waals surface area contributed by atoms with Gasteiger partial charge in [-0.05, 0) is 42.2 Å². The van der Waals surface area contributed by atoms with Gasteiger partial charge in [-0.2, -0.15) is 10.2 Å². The van der Waals surface area contributed by atoms with Crippen LogP contribution in [0.2, 0.25) is 0 Å². The Balaban J connectivity index is 1.37. The van der Waals surface area contributed by atoms with Gasteiger partial charge in [0.25, 0.3) is 5.56 Å². The maximum Gasteiger partial charge on any atom is 0.297 e. The van der Waals surface area contributed by atoms with Crippen molar-refractivity contribution >= 4 is 16.7 Å². The quantitative estimate of drug-likeness (QED) is 0.379. The lowest BCUT2D eigenvalue weighted by atomic mass is 10.1. The Kier molecular flexibility index (Phi) is 5.69. The van der Waals surface area contributed by atoms with Gasteiger partial charge < -0.3 is 9.64 Å². The SMILES string of the molecule is CN(C)c1cncc(-c2ccc(Cn3nc4c(=O)n(C5CCCOC5)nc-4c4cccnc43)cc2)c1. The first-order valence-electron chi connectivity index (χ1n) is 12.1. The minimum atomic E-state index is -0.177. The van der Waals surface area contributed by atoms with Crippen LogP contribution in [0.25, 0.3) is 33.5 Å². The average molecular weight is 482 g/mol. The Labute approximate surface area is 208 Å². The lowest BCUT2D eigenvalue weighted by Gasteiger charge is -2.21. The predicted molar refractivity (Wildman–Crippen MR) is 138 cm³/mol. The van der Waals surface area contributed by atoms with Crippen molar-refractivity contribution in [1.29, 1.82) is 0 Å². The molecule has 0 bridgehead atoms. The van der Waals surface area contributed by atoms with Crippen molar-refractivity contribution in [3.63, 3.8) is 0 Å². The van der Waals surface area contributed by atoms with E-state index in [2.05, 4.69) is 45.4 Å². The molecule has 1 atom stereocenters. The molecule has 3 aromatic rings. The van der Waals surface area contributed by atoms with E-state index < -0.39 is 0 Å². The molecule has 0 N–H and O–H groups in total. The van der Waals surface area contributed by atoms with E-state index in [0.29, 0.717) is 30.2 Å². The third-order valence-electron chi connectivity index (χ3n) is 6.69. The summed E-state index contributed by atoms with van der Waals surface area (Å²) in [6, 6.07) is 14.2. The van der Waals surface area contributed by atoms with E-state index in [-0.39, 0.29) is 11.6 Å². The van der Waals surface area contributed by atoms with Crippen LogP contribution in [0.5, 0.6) is 0 Å². The van der Waals surface area contributed by atoms with Crippen molar-refractivity contribution in [3.05, 3.63) is 77.0 Å². The summed E-state index contributed by atoms with van der Waals surface area (Å²) in [4.78, 5) is 24.3. The summed E-state index contributed by atoms with van der Waals surface area (Å²) >= 11 is 0. The number of nitrogens with zero attached hydrogens (tertiary/aromatic N) is 7. The van der Waals surface area contributed by atoms with E-state index in [0.717, 1.165) is 47.2 Å². The van der Waals surface area contributed by atoms with Gasteiger partial charge in [-0.3, -0.25) is 9.78 Å². The van der Waals surface area contributed by atoms with E-state index in [1.165, 1.54) is 0 Å². The van der Waals surface area contributed by atoms with Crippen LogP contribution in [-0.4, -0.2) is 56.8 Å². The molecule has 1 fully saturated rings. The summed E-state index contributed by atoms with van der Waals surface area (Å²) in [5.74, 6) is 0. The first-order valence-corrected chi connectivity index (χ1v) is 12.1. The van der Waals surface area contributed by atoms with Crippen LogP contribution in [0.1, 0.15) is 24.4 Å². The first kappa shape index (κ1) is 22.4. The standard InChI is InChI=1S/C27H27N7O2/c1-32(2)22-13-20(14-28-15-22)19-9-7-18(8-10-19)16-33-26-23(6-3-11-29-26)24-25(30-33)27(35)34(31-24)21-5-4-12-36-17-21/h3,6-11,13-15,21H,4-5,12,16-17H2,1-2H3. The molecule has 1 saturated heterocycles. The number of fused-ring (bicyclic) bond motifs is 3. The van der Waals surface area contributed by atoms with Crippen LogP contribution in [0, 0.1) is 0 Å². The van der Waals surface area contributed by atoms with Crippen LogP contribution in [0.15, 0.2) is 65.8 Å². The molecule has 3 aliphatic heterocycles. The van der Waals surface area contributed by atoms with Gasteiger partial charge in [0.05, 0.1) is 31.1 Å². The molecule has 9 nitrogen and oxygen atoms in total. The highest BCUT2D eigenvalue weighted by Gasteiger charge is 2.27. The van der Waals surface area contributed by atoms with Crippen molar-refractivity contribution in [2.45, 2.75) is 25.4 Å². The highest BCUT2D eigenvalue weighted by molar-refractivity contribution is 5.89. The smallest absolute Gasteiger partial charge is 0.297 e. The number of ether oxygens (including phenoxy) is 1. The number of aromatic nitrogens is 6. The fourth-order valence-electron chi connectivity index (χ4n) is 4.72. The fraction of sp³-hybridized carbons (Fsp3) is 0.296. The summed E-state index contributed by atoms with van der Waals surface area (Å²) in [6.45, 7) is 1.71. The second kappa shape index (κ2) is 9.16. The topological polar surface area (TPSA) is 91.0 Å². The lowest BCUT2D eigenvalue weighted by Crippen LogP contribution is -2.29. The highest BCUT2D eigenvalue weighted by atomic mass is 16.5. The van der Waals surface area contributed by atoms with Gasteiger partial charge in [-0.1, -0.05) is 24.3 Å². The average Bonchev–Trinajstić information content (AvgIpc) is 3.26. The molecule has 1 unspecified atom stereocenters. The highest BCUT2D eigenvalue weighted by Crippen LogP contribution is 2.27. The van der Waals surface area contributed by atoms with Crippen molar-refractivity contribution in [3.8, 4) is 22.5 Å². The van der Waals surface area contributed by atoms with Gasteiger partial charge in [0, 0.05) is 44.0 Å². The molecule has 1 aromatic carbocycles. The number of hydrogen-bond acceptors (Lipinski definition) is 7. The Bertz CT molecular complexity index is 1550. The number of rotatable bonds is 5. The molecular weight excluding hydrogens is 454 g/mol.